The van der Waals surface area contributed by atoms with Crippen molar-refractivity contribution in [3.8, 4) is 0 Å². The number of nitrogens with zero attached hydrogens (tertiary/aromatic N) is 5. The predicted molar refractivity (Wildman–Crippen MR) is 311 cm³/mol. The van der Waals surface area contributed by atoms with Gasteiger partial charge in [-0.15, -0.1) is 0 Å². The fourth-order valence-electron chi connectivity index (χ4n) is 10.4. The van der Waals surface area contributed by atoms with Crippen LogP contribution in [0.2, 0.25) is 0 Å². The van der Waals surface area contributed by atoms with Gasteiger partial charge >= 0.3 is 29.8 Å². The summed E-state index contributed by atoms with van der Waals surface area (Å²) in [6.07, 6.45) is 2.50. The highest BCUT2D eigenvalue weighted by molar-refractivity contribution is 5.97. The zero-order valence-corrected chi connectivity index (χ0v) is 49.8. The molecule has 0 aliphatic carbocycles. The van der Waals surface area contributed by atoms with Crippen LogP contribution in [0.5, 0.6) is 0 Å². The van der Waals surface area contributed by atoms with E-state index in [1.54, 1.807) is 58.9 Å². The van der Waals surface area contributed by atoms with Crippen molar-refractivity contribution in [2.75, 3.05) is 91.6 Å². The minimum Gasteiger partial charge on any atom is -0.480 e. The van der Waals surface area contributed by atoms with Crippen LogP contribution in [-0.4, -0.2) is 249 Å². The van der Waals surface area contributed by atoms with E-state index in [4.69, 9.17) is 11.5 Å². The fourth-order valence-corrected chi connectivity index (χ4v) is 10.4. The van der Waals surface area contributed by atoms with Crippen LogP contribution in [0.4, 0.5) is 0 Å². The van der Waals surface area contributed by atoms with Gasteiger partial charge in [-0.1, -0.05) is 64.4 Å². The number of carboxylic acids is 5. The van der Waals surface area contributed by atoms with E-state index in [0.29, 0.717) is 50.6 Å². The van der Waals surface area contributed by atoms with Crippen molar-refractivity contribution < 1.29 is 78.3 Å². The first kappa shape index (κ1) is 72.4. The maximum absolute atomic E-state index is 14.5. The molecule has 6 amide bonds. The van der Waals surface area contributed by atoms with E-state index in [-0.39, 0.29) is 116 Å². The Hall–Kier alpha value is -6.85. The average Bonchev–Trinajstić information content (AvgIpc) is 4.21. The van der Waals surface area contributed by atoms with Gasteiger partial charge < -0.3 is 68.5 Å². The molecule has 1 aromatic carbocycles. The maximum atomic E-state index is 14.5. The molecular weight excluding hydrogens is 1110 g/mol. The molecule has 2 aliphatic heterocycles. The zero-order chi connectivity index (χ0) is 63.2. The second-order valence-electron chi connectivity index (χ2n) is 22.5. The molecule has 2 saturated heterocycles. The van der Waals surface area contributed by atoms with Crippen LogP contribution >= 0.6 is 0 Å². The highest BCUT2D eigenvalue weighted by Gasteiger charge is 2.40. The first-order valence-corrected chi connectivity index (χ1v) is 29.6. The van der Waals surface area contributed by atoms with Crippen molar-refractivity contribution >= 4 is 65.3 Å². The summed E-state index contributed by atoms with van der Waals surface area (Å²) >= 11 is 0. The summed E-state index contributed by atoms with van der Waals surface area (Å²) in [5.74, 6) is -10.8. The van der Waals surface area contributed by atoms with Crippen molar-refractivity contribution in [2.24, 2.45) is 23.3 Å². The second kappa shape index (κ2) is 38.2. The largest absolute Gasteiger partial charge is 0.480 e. The van der Waals surface area contributed by atoms with Gasteiger partial charge in [0.15, 0.2) is 0 Å². The SMILES string of the molecule is CC[C@H](C)[C@H](NC(=O)[C@H](CC(C)C)NC(=O)CCC(C(=O)O)N1CCN(CC(=O)O)CCN(CC(=O)O)CCN(CC(=O)O)CC1)C(=O)N[C@@H](CCCCN)C(=O)N[C@@H](CCCCN)C(=O)N1CCC[C@H]1C(=O)N[C@@H](Cc1ccccc1)C(=O)O. The van der Waals surface area contributed by atoms with Crippen LogP contribution < -0.4 is 38.1 Å². The lowest BCUT2D eigenvalue weighted by Crippen LogP contribution is -2.60. The van der Waals surface area contributed by atoms with Gasteiger partial charge in [0, 0.05) is 71.7 Å². The third kappa shape index (κ3) is 26.5. The van der Waals surface area contributed by atoms with Gasteiger partial charge in [-0.25, -0.2) is 4.79 Å². The normalized spacial score (nSPS) is 18.4. The summed E-state index contributed by atoms with van der Waals surface area (Å²) in [4.78, 5) is 153. The summed E-state index contributed by atoms with van der Waals surface area (Å²) in [6.45, 7) is 7.17. The van der Waals surface area contributed by atoms with Gasteiger partial charge in [0.1, 0.15) is 42.3 Å². The highest BCUT2D eigenvalue weighted by Crippen LogP contribution is 2.22. The van der Waals surface area contributed by atoms with Crippen molar-refractivity contribution in [3.63, 3.8) is 0 Å². The Morgan fingerprint density at radius 1 is 0.565 bits per heavy atom. The minimum atomic E-state index is -1.33. The van der Waals surface area contributed by atoms with Crippen molar-refractivity contribution in [3.05, 3.63) is 35.9 Å². The lowest BCUT2D eigenvalue weighted by molar-refractivity contribution is -0.145. The monoisotopic (exact) mass is 1200 g/mol. The number of carbonyl (C=O) groups is 11. The van der Waals surface area contributed by atoms with Crippen molar-refractivity contribution in [2.45, 2.75) is 153 Å². The number of nitrogens with two attached hydrogens (primary N) is 2. The van der Waals surface area contributed by atoms with Crippen molar-refractivity contribution in [1.82, 2.24) is 51.1 Å². The lowest BCUT2D eigenvalue weighted by atomic mass is 9.96. The number of carboxylic acid groups (broad SMARTS) is 5. The van der Waals surface area contributed by atoms with E-state index in [1.807, 2.05) is 13.8 Å². The van der Waals surface area contributed by atoms with Gasteiger partial charge in [-0.05, 0) is 94.7 Å². The molecule has 0 aromatic heterocycles. The number of rotatable bonds is 36. The molecule has 3 rings (SSSR count). The van der Waals surface area contributed by atoms with Gasteiger partial charge in [0.25, 0.3) is 0 Å². The molecule has 0 spiro atoms. The topological polar surface area (TPSA) is 417 Å². The molecule has 2 aliphatic rings. The minimum absolute atomic E-state index is 0.00927. The summed E-state index contributed by atoms with van der Waals surface area (Å²) < 4.78 is 0. The Balaban J connectivity index is 1.83. The van der Waals surface area contributed by atoms with E-state index in [9.17, 15) is 78.3 Å². The second-order valence-corrected chi connectivity index (χ2v) is 22.5. The fraction of sp³-hybridized carbons (Fsp3) is 0.702. The Morgan fingerprint density at radius 3 is 1.55 bits per heavy atom. The van der Waals surface area contributed by atoms with Crippen LogP contribution in [0.25, 0.3) is 0 Å². The first-order valence-electron chi connectivity index (χ1n) is 29.6. The summed E-state index contributed by atoms with van der Waals surface area (Å²) in [6, 6.07) is 0.279. The molecule has 478 valence electrons. The van der Waals surface area contributed by atoms with Crippen LogP contribution in [-0.2, 0) is 59.2 Å². The van der Waals surface area contributed by atoms with E-state index in [0.717, 1.165) is 0 Å². The maximum Gasteiger partial charge on any atom is 0.326 e. The summed E-state index contributed by atoms with van der Waals surface area (Å²) in [7, 11) is 0. The van der Waals surface area contributed by atoms with E-state index in [1.165, 1.54) is 9.80 Å². The summed E-state index contributed by atoms with van der Waals surface area (Å²) in [5.41, 5.74) is 12.3. The molecular formula is C57H94N12O16. The number of nitrogens with one attached hydrogen (secondary N) is 5. The lowest BCUT2D eigenvalue weighted by Gasteiger charge is -2.35. The summed E-state index contributed by atoms with van der Waals surface area (Å²) in [5, 5.41) is 63.1. The molecule has 8 atom stereocenters. The number of carbonyl (C=O) groups excluding carboxylic acids is 6. The number of unbranched alkanes of at least 4 members (excludes halogenated alkanes) is 2. The molecule has 1 unspecified atom stereocenters. The number of amides is 6. The average molecular weight is 1200 g/mol. The van der Waals surface area contributed by atoms with Crippen LogP contribution in [0.1, 0.15) is 110 Å². The quantitative estimate of drug-likeness (QED) is 0.0351. The van der Waals surface area contributed by atoms with E-state index in [2.05, 4.69) is 26.6 Å². The van der Waals surface area contributed by atoms with Gasteiger partial charge in [0.05, 0.1) is 19.6 Å². The molecule has 2 heterocycles. The van der Waals surface area contributed by atoms with Crippen molar-refractivity contribution in [1.29, 1.82) is 0 Å². The molecule has 14 N–H and O–H groups in total. The Bertz CT molecular complexity index is 2320. The molecule has 28 heteroatoms. The number of likely N-dealkylation sites (tertiary alicyclic amines) is 1. The Morgan fingerprint density at radius 2 is 1.07 bits per heavy atom. The number of hydrogen-bond acceptors (Lipinski definition) is 17. The first-order chi connectivity index (χ1) is 40.4. The molecule has 0 saturated carbocycles. The number of aliphatic carboxylic acids is 5. The van der Waals surface area contributed by atoms with E-state index < -0.39 is 133 Å². The predicted octanol–water partition coefficient (Wildman–Crippen LogP) is -1.21. The molecule has 28 nitrogen and oxygen atoms in total. The third-order valence-corrected chi connectivity index (χ3v) is 15.3. The smallest absolute Gasteiger partial charge is 0.326 e. The van der Waals surface area contributed by atoms with Crippen LogP contribution in [0.3, 0.4) is 0 Å². The molecule has 0 bridgehead atoms. The Kier molecular flexibility index (Phi) is 32.6. The van der Waals surface area contributed by atoms with Gasteiger partial charge in [-0.2, -0.15) is 0 Å². The molecule has 1 aromatic rings. The standard InChI is InChI=1S/C57H94N12O16/c1-5-38(4)50(54(80)61-40(16-9-11-21-58)51(77)62-41(17-10-12-22-59)55(81)69-23-13-18-44(69)53(79)63-43(56(82)83)33-39-14-7-6-8-15-39)64-52(78)42(32-37(2)3)60-46(70)20-19-45(57(84)85)68-30-28-66(35-48(73)74)26-24-65(34-47(71)72)25-27-67(29-31-68)36-49(75)76/h6-8,14-15,37-38,40-45,50H,5,9-13,16-36,58-59H2,1-4H3,(H,60,70)(H,61,80)(H,62,77)(H,63,79)(H,64,78)(H,71,72)(H,73,74)(H,75,76)(H,82,83)(H,84,85)/t38-,40-,41-,42-,43-,44-,45?,50-/m0/s1. The molecule has 85 heavy (non-hydrogen) atoms. The number of benzene rings is 1. The Labute approximate surface area is 497 Å². The van der Waals surface area contributed by atoms with Crippen LogP contribution in [0, 0.1) is 11.8 Å². The van der Waals surface area contributed by atoms with Gasteiger partial charge in [-0.3, -0.25) is 67.5 Å². The molecule has 0 radical (unpaired) electrons. The third-order valence-electron chi connectivity index (χ3n) is 15.3. The zero-order valence-electron chi connectivity index (χ0n) is 49.8. The molecule has 2 fully saturated rings. The highest BCUT2D eigenvalue weighted by atomic mass is 16.4. The van der Waals surface area contributed by atoms with Crippen LogP contribution in [0.15, 0.2) is 30.3 Å². The van der Waals surface area contributed by atoms with E-state index >= 15 is 0 Å². The van der Waals surface area contributed by atoms with Gasteiger partial charge in [0.2, 0.25) is 35.4 Å². The number of hydrogen-bond donors (Lipinski definition) is 12.